The van der Waals surface area contributed by atoms with Crippen LogP contribution in [0.15, 0.2) is 78.9 Å². The minimum absolute atomic E-state index is 0.0220. The summed E-state index contributed by atoms with van der Waals surface area (Å²) in [6.45, 7) is 2.47. The third-order valence-corrected chi connectivity index (χ3v) is 7.06. The summed E-state index contributed by atoms with van der Waals surface area (Å²) in [5.74, 6) is 0.596. The molecule has 1 aliphatic rings. The van der Waals surface area contributed by atoms with Gasteiger partial charge >= 0.3 is 0 Å². The highest BCUT2D eigenvalue weighted by Gasteiger charge is 2.47. The van der Waals surface area contributed by atoms with Gasteiger partial charge < -0.3 is 15.0 Å². The number of carbonyl (C=O) groups excluding carboxylic acids is 2. The molecule has 0 spiro atoms. The van der Waals surface area contributed by atoms with Crippen LogP contribution in [-0.4, -0.2) is 29.4 Å². The Labute approximate surface area is 208 Å². The molecule has 3 aromatic carbocycles. The van der Waals surface area contributed by atoms with E-state index in [0.29, 0.717) is 25.1 Å². The summed E-state index contributed by atoms with van der Waals surface area (Å²) >= 11 is 0. The monoisotopic (exact) mass is 470 g/mol. The molecular weight excluding hydrogens is 436 g/mol. The lowest BCUT2D eigenvalue weighted by atomic mass is 9.78. The van der Waals surface area contributed by atoms with Crippen LogP contribution in [0.4, 0.5) is 5.69 Å². The lowest BCUT2D eigenvalue weighted by Crippen LogP contribution is -2.60. The molecular formula is C30H34N2O3. The number of aryl methyl sites for hydroxylation is 1. The molecule has 35 heavy (non-hydrogen) atoms. The smallest absolute Gasteiger partial charge is 0.250 e. The number of nitrogens with zero attached hydrogens (tertiary/aromatic N) is 1. The first kappa shape index (κ1) is 24.5. The minimum Gasteiger partial charge on any atom is -0.497 e. The van der Waals surface area contributed by atoms with Crippen molar-refractivity contribution in [2.75, 3.05) is 12.4 Å². The molecule has 3 aromatic rings. The summed E-state index contributed by atoms with van der Waals surface area (Å²) in [5.41, 5.74) is 2.94. The highest BCUT2D eigenvalue weighted by Crippen LogP contribution is 2.37. The van der Waals surface area contributed by atoms with Crippen LogP contribution < -0.4 is 10.1 Å². The lowest BCUT2D eigenvalue weighted by molar-refractivity contribution is -0.148. The fourth-order valence-electron chi connectivity index (χ4n) is 4.98. The molecule has 4 rings (SSSR count). The van der Waals surface area contributed by atoms with E-state index in [4.69, 9.17) is 4.74 Å². The Balaban J connectivity index is 1.69. The van der Waals surface area contributed by atoms with Crippen molar-refractivity contribution < 1.29 is 14.3 Å². The van der Waals surface area contributed by atoms with Gasteiger partial charge in [-0.05, 0) is 60.7 Å². The second-order valence-corrected chi connectivity index (χ2v) is 9.34. The van der Waals surface area contributed by atoms with E-state index < -0.39 is 5.54 Å². The molecule has 0 heterocycles. The molecule has 182 valence electrons. The molecule has 5 heteroatoms. The molecule has 1 aliphatic carbocycles. The van der Waals surface area contributed by atoms with Crippen LogP contribution in [0.25, 0.3) is 0 Å². The van der Waals surface area contributed by atoms with Gasteiger partial charge in [0.05, 0.1) is 13.5 Å². The van der Waals surface area contributed by atoms with Crippen molar-refractivity contribution in [2.24, 2.45) is 0 Å². The predicted molar refractivity (Wildman–Crippen MR) is 139 cm³/mol. The van der Waals surface area contributed by atoms with Crippen LogP contribution in [0.3, 0.4) is 0 Å². The van der Waals surface area contributed by atoms with Crippen molar-refractivity contribution in [3.63, 3.8) is 0 Å². The summed E-state index contributed by atoms with van der Waals surface area (Å²) in [5, 5.41) is 3.12. The van der Waals surface area contributed by atoms with Crippen LogP contribution in [0.1, 0.15) is 48.8 Å². The number of hydrogen-bond acceptors (Lipinski definition) is 3. The first-order valence-corrected chi connectivity index (χ1v) is 12.4. The van der Waals surface area contributed by atoms with Gasteiger partial charge in [0, 0.05) is 12.2 Å². The largest absolute Gasteiger partial charge is 0.497 e. The predicted octanol–water partition coefficient (Wildman–Crippen LogP) is 5.92. The SMILES string of the molecule is COc1ccc(NC(=O)C2(N(Cc3ccccc3C)C(=O)Cc3ccccc3)CCCCC2)cc1. The molecule has 0 radical (unpaired) electrons. The van der Waals surface area contributed by atoms with Gasteiger partial charge in [0.15, 0.2) is 0 Å². The molecule has 5 nitrogen and oxygen atoms in total. The van der Waals surface area contributed by atoms with Gasteiger partial charge in [-0.25, -0.2) is 0 Å². The summed E-state index contributed by atoms with van der Waals surface area (Å²) in [6, 6.07) is 25.2. The third-order valence-electron chi connectivity index (χ3n) is 7.06. The van der Waals surface area contributed by atoms with Gasteiger partial charge in [0.2, 0.25) is 11.8 Å². The number of rotatable bonds is 8. The van der Waals surface area contributed by atoms with Gasteiger partial charge in [-0.1, -0.05) is 73.9 Å². The molecule has 0 aliphatic heterocycles. The van der Waals surface area contributed by atoms with Crippen molar-refractivity contribution in [1.29, 1.82) is 0 Å². The lowest BCUT2D eigenvalue weighted by Gasteiger charge is -2.45. The van der Waals surface area contributed by atoms with Crippen LogP contribution in [0.5, 0.6) is 5.75 Å². The maximum atomic E-state index is 14.0. The Kier molecular flexibility index (Phi) is 7.86. The second-order valence-electron chi connectivity index (χ2n) is 9.34. The maximum absolute atomic E-state index is 14.0. The standard InChI is InChI=1S/C30H34N2O3/c1-23-11-7-8-14-25(23)22-32(28(33)21-24-12-5-3-6-13-24)30(19-9-4-10-20-30)29(34)31-26-15-17-27(35-2)18-16-26/h3,5-8,11-18H,4,9-10,19-22H2,1-2H3,(H,31,34). The number of methoxy groups -OCH3 is 1. The summed E-state index contributed by atoms with van der Waals surface area (Å²) in [7, 11) is 1.62. The number of carbonyl (C=O) groups is 2. The molecule has 2 amide bonds. The van der Waals surface area contributed by atoms with E-state index in [1.807, 2.05) is 71.6 Å². The number of anilines is 1. The summed E-state index contributed by atoms with van der Waals surface area (Å²) in [6.07, 6.45) is 4.48. The van der Waals surface area contributed by atoms with E-state index in [0.717, 1.165) is 41.7 Å². The van der Waals surface area contributed by atoms with Crippen molar-refractivity contribution in [2.45, 2.75) is 57.5 Å². The number of nitrogens with one attached hydrogen (secondary N) is 1. The van der Waals surface area contributed by atoms with Crippen LogP contribution in [0, 0.1) is 6.92 Å². The topological polar surface area (TPSA) is 58.6 Å². The highest BCUT2D eigenvalue weighted by molar-refractivity contribution is 6.01. The average Bonchev–Trinajstić information content (AvgIpc) is 2.89. The normalized spacial score (nSPS) is 14.7. The average molecular weight is 471 g/mol. The molecule has 0 bridgehead atoms. The molecule has 0 unspecified atom stereocenters. The molecule has 0 atom stereocenters. The van der Waals surface area contributed by atoms with Crippen LogP contribution in [-0.2, 0) is 22.6 Å². The maximum Gasteiger partial charge on any atom is 0.250 e. The first-order valence-electron chi connectivity index (χ1n) is 12.4. The summed E-state index contributed by atoms with van der Waals surface area (Å²) in [4.78, 5) is 29.7. The molecule has 0 saturated heterocycles. The fourth-order valence-corrected chi connectivity index (χ4v) is 4.98. The van der Waals surface area contributed by atoms with E-state index in [9.17, 15) is 9.59 Å². The zero-order chi connectivity index (χ0) is 24.7. The van der Waals surface area contributed by atoms with Gasteiger partial charge in [-0.15, -0.1) is 0 Å². The zero-order valence-electron chi connectivity index (χ0n) is 20.6. The van der Waals surface area contributed by atoms with Gasteiger partial charge in [-0.2, -0.15) is 0 Å². The van der Waals surface area contributed by atoms with E-state index in [2.05, 4.69) is 24.4 Å². The van der Waals surface area contributed by atoms with Crippen LogP contribution in [0.2, 0.25) is 0 Å². The van der Waals surface area contributed by atoms with Crippen molar-refractivity contribution in [3.8, 4) is 5.75 Å². The number of ether oxygens (including phenoxy) is 1. The Hall–Kier alpha value is -3.60. The first-order chi connectivity index (χ1) is 17.0. The number of benzene rings is 3. The van der Waals surface area contributed by atoms with Gasteiger partial charge in [-0.3, -0.25) is 9.59 Å². The number of amides is 2. The number of hydrogen-bond donors (Lipinski definition) is 1. The van der Waals surface area contributed by atoms with E-state index in [1.165, 1.54) is 0 Å². The molecule has 1 fully saturated rings. The van der Waals surface area contributed by atoms with Gasteiger partial charge in [0.1, 0.15) is 11.3 Å². The third kappa shape index (κ3) is 5.73. The van der Waals surface area contributed by atoms with Gasteiger partial charge in [0.25, 0.3) is 0 Å². The Bertz CT molecular complexity index is 1140. The van der Waals surface area contributed by atoms with Crippen LogP contribution >= 0.6 is 0 Å². The molecule has 1 N–H and O–H groups in total. The Morgan fingerprint density at radius 3 is 2.20 bits per heavy atom. The van der Waals surface area contributed by atoms with Crippen molar-refractivity contribution in [3.05, 3.63) is 95.6 Å². The van der Waals surface area contributed by atoms with E-state index in [1.54, 1.807) is 7.11 Å². The van der Waals surface area contributed by atoms with E-state index in [-0.39, 0.29) is 18.2 Å². The minimum atomic E-state index is -0.897. The zero-order valence-corrected chi connectivity index (χ0v) is 20.6. The summed E-state index contributed by atoms with van der Waals surface area (Å²) < 4.78 is 5.25. The van der Waals surface area contributed by atoms with Crippen molar-refractivity contribution >= 4 is 17.5 Å². The Morgan fingerprint density at radius 1 is 0.886 bits per heavy atom. The highest BCUT2D eigenvalue weighted by atomic mass is 16.5. The van der Waals surface area contributed by atoms with Crippen molar-refractivity contribution in [1.82, 2.24) is 4.90 Å². The quantitative estimate of drug-likeness (QED) is 0.445. The fraction of sp³-hybridized carbons (Fsp3) is 0.333. The van der Waals surface area contributed by atoms with E-state index >= 15 is 0 Å². The second kappa shape index (κ2) is 11.2. The molecule has 0 aromatic heterocycles. The molecule has 1 saturated carbocycles. The Morgan fingerprint density at radius 2 is 1.54 bits per heavy atom.